The quantitative estimate of drug-likeness (QED) is 0.790. The minimum absolute atomic E-state index is 0.159. The normalized spacial score (nSPS) is 11.1. The van der Waals surface area contributed by atoms with Crippen LogP contribution >= 0.6 is 23.2 Å². The van der Waals surface area contributed by atoms with E-state index in [4.69, 9.17) is 23.2 Å². The van der Waals surface area contributed by atoms with Crippen LogP contribution in [0.5, 0.6) is 5.75 Å². The summed E-state index contributed by atoms with van der Waals surface area (Å²) in [4.78, 5) is 4.21. The van der Waals surface area contributed by atoms with Crippen LogP contribution in [0.1, 0.15) is 11.1 Å². The molecule has 0 unspecified atom stereocenters. The molecule has 18 heavy (non-hydrogen) atoms. The highest BCUT2D eigenvalue weighted by atomic mass is 35.5. The van der Waals surface area contributed by atoms with Crippen molar-refractivity contribution in [3.8, 4) is 5.75 Å². The molecular formula is C14H11Cl2NO. The molecule has 0 bridgehead atoms. The van der Waals surface area contributed by atoms with E-state index in [1.807, 2.05) is 19.1 Å². The van der Waals surface area contributed by atoms with Gasteiger partial charge in [0, 0.05) is 6.21 Å². The Kier molecular flexibility index (Phi) is 3.90. The topological polar surface area (TPSA) is 32.6 Å². The highest BCUT2D eigenvalue weighted by Gasteiger charge is 2.00. The summed E-state index contributed by atoms with van der Waals surface area (Å²) in [7, 11) is 0. The summed E-state index contributed by atoms with van der Waals surface area (Å²) in [6.45, 7) is 1.91. The van der Waals surface area contributed by atoms with Crippen LogP contribution in [-0.4, -0.2) is 11.3 Å². The molecule has 0 radical (unpaired) electrons. The molecule has 2 aromatic carbocycles. The van der Waals surface area contributed by atoms with Crippen molar-refractivity contribution in [2.45, 2.75) is 6.92 Å². The number of rotatable bonds is 2. The van der Waals surface area contributed by atoms with Crippen molar-refractivity contribution in [3.05, 3.63) is 57.6 Å². The number of hydrogen-bond donors (Lipinski definition) is 1. The molecule has 2 nitrogen and oxygen atoms in total. The maximum Gasteiger partial charge on any atom is 0.141 e. The van der Waals surface area contributed by atoms with Crippen LogP contribution in [-0.2, 0) is 0 Å². The first-order chi connectivity index (χ1) is 8.56. The predicted molar refractivity (Wildman–Crippen MR) is 76.6 cm³/mol. The summed E-state index contributed by atoms with van der Waals surface area (Å²) in [5.74, 6) is 0.159. The van der Waals surface area contributed by atoms with Crippen LogP contribution in [0.4, 0.5) is 5.69 Å². The molecule has 0 atom stereocenters. The Labute approximate surface area is 116 Å². The minimum atomic E-state index is 0.159. The summed E-state index contributed by atoms with van der Waals surface area (Å²) in [5.41, 5.74) is 2.33. The zero-order chi connectivity index (χ0) is 13.1. The third-order valence-electron chi connectivity index (χ3n) is 2.43. The minimum Gasteiger partial charge on any atom is -0.506 e. The van der Waals surface area contributed by atoms with E-state index in [0.717, 1.165) is 11.1 Å². The van der Waals surface area contributed by atoms with Crippen molar-refractivity contribution in [3.63, 3.8) is 0 Å². The Hall–Kier alpha value is -1.51. The van der Waals surface area contributed by atoms with Gasteiger partial charge in [0.15, 0.2) is 0 Å². The maximum atomic E-state index is 9.71. The van der Waals surface area contributed by atoms with Crippen LogP contribution < -0.4 is 0 Å². The van der Waals surface area contributed by atoms with Crippen LogP contribution in [0.15, 0.2) is 41.4 Å². The number of aromatic hydroxyl groups is 1. The van der Waals surface area contributed by atoms with Gasteiger partial charge in [-0.05, 0) is 42.3 Å². The van der Waals surface area contributed by atoms with E-state index < -0.39 is 0 Å². The van der Waals surface area contributed by atoms with Crippen molar-refractivity contribution >= 4 is 35.1 Å². The van der Waals surface area contributed by atoms with E-state index >= 15 is 0 Å². The molecule has 1 N–H and O–H groups in total. The molecule has 0 heterocycles. The number of phenolic OH excluding ortho intramolecular Hbond substituents is 1. The SMILES string of the molecule is Cc1ccc(N=Cc2ccc(Cl)c(Cl)c2)c(O)c1. The Morgan fingerprint density at radius 1 is 1.06 bits per heavy atom. The second-order valence-corrected chi connectivity index (χ2v) is 4.74. The lowest BCUT2D eigenvalue weighted by Crippen LogP contribution is -1.81. The van der Waals surface area contributed by atoms with Crippen molar-refractivity contribution < 1.29 is 5.11 Å². The van der Waals surface area contributed by atoms with Crippen LogP contribution in [0.2, 0.25) is 10.0 Å². The molecule has 0 saturated carbocycles. The Bertz CT molecular complexity index is 609. The van der Waals surface area contributed by atoms with Gasteiger partial charge in [-0.25, -0.2) is 0 Å². The molecule has 0 spiro atoms. The Morgan fingerprint density at radius 3 is 2.50 bits per heavy atom. The first kappa shape index (κ1) is 12.9. The van der Waals surface area contributed by atoms with Crippen molar-refractivity contribution in [2.24, 2.45) is 4.99 Å². The van der Waals surface area contributed by atoms with Crippen molar-refractivity contribution in [1.82, 2.24) is 0 Å². The molecular weight excluding hydrogens is 269 g/mol. The standard InChI is InChI=1S/C14H11Cl2NO/c1-9-2-5-13(14(18)6-9)17-8-10-3-4-11(15)12(16)7-10/h2-8,18H,1H3. The summed E-state index contributed by atoms with van der Waals surface area (Å²) >= 11 is 11.7. The van der Waals surface area contributed by atoms with Gasteiger partial charge in [0.25, 0.3) is 0 Å². The largest absolute Gasteiger partial charge is 0.506 e. The summed E-state index contributed by atoms with van der Waals surface area (Å²) in [5, 5.41) is 10.7. The van der Waals surface area contributed by atoms with Crippen molar-refractivity contribution in [1.29, 1.82) is 0 Å². The fourth-order valence-electron chi connectivity index (χ4n) is 1.48. The molecule has 2 rings (SSSR count). The van der Waals surface area contributed by atoms with Crippen LogP contribution in [0, 0.1) is 6.92 Å². The molecule has 0 aliphatic carbocycles. The highest BCUT2D eigenvalue weighted by molar-refractivity contribution is 6.42. The zero-order valence-electron chi connectivity index (χ0n) is 9.69. The monoisotopic (exact) mass is 279 g/mol. The maximum absolute atomic E-state index is 9.71. The van der Waals surface area contributed by atoms with E-state index in [-0.39, 0.29) is 5.75 Å². The lowest BCUT2D eigenvalue weighted by atomic mass is 10.2. The average molecular weight is 280 g/mol. The predicted octanol–water partition coefficient (Wildman–Crippen LogP) is 4.76. The lowest BCUT2D eigenvalue weighted by Gasteiger charge is -2.00. The Morgan fingerprint density at radius 2 is 1.83 bits per heavy atom. The number of nitrogens with zero attached hydrogens (tertiary/aromatic N) is 1. The molecule has 0 aliphatic heterocycles. The fourth-order valence-corrected chi connectivity index (χ4v) is 1.79. The molecule has 0 aliphatic rings. The van der Waals surface area contributed by atoms with E-state index in [1.54, 1.807) is 30.5 Å². The first-order valence-corrected chi connectivity index (χ1v) is 6.10. The highest BCUT2D eigenvalue weighted by Crippen LogP contribution is 2.27. The van der Waals surface area contributed by atoms with Gasteiger partial charge < -0.3 is 5.11 Å². The van der Waals surface area contributed by atoms with Gasteiger partial charge >= 0.3 is 0 Å². The number of phenols is 1. The molecule has 92 valence electrons. The third-order valence-corrected chi connectivity index (χ3v) is 3.17. The van der Waals surface area contributed by atoms with Gasteiger partial charge in [0.1, 0.15) is 11.4 Å². The zero-order valence-corrected chi connectivity index (χ0v) is 11.2. The number of hydrogen-bond acceptors (Lipinski definition) is 2. The van der Waals surface area contributed by atoms with E-state index in [2.05, 4.69) is 4.99 Å². The molecule has 4 heteroatoms. The van der Waals surface area contributed by atoms with E-state index in [1.165, 1.54) is 0 Å². The number of aryl methyl sites for hydroxylation is 1. The second kappa shape index (κ2) is 5.42. The van der Waals surface area contributed by atoms with Crippen LogP contribution in [0.3, 0.4) is 0 Å². The lowest BCUT2D eigenvalue weighted by molar-refractivity contribution is 0.476. The average Bonchev–Trinajstić information content (AvgIpc) is 2.32. The summed E-state index contributed by atoms with van der Waals surface area (Å²) < 4.78 is 0. The van der Waals surface area contributed by atoms with Gasteiger partial charge in [-0.2, -0.15) is 0 Å². The van der Waals surface area contributed by atoms with Gasteiger partial charge in [-0.15, -0.1) is 0 Å². The van der Waals surface area contributed by atoms with Crippen molar-refractivity contribution in [2.75, 3.05) is 0 Å². The van der Waals surface area contributed by atoms with Gasteiger partial charge in [-0.3, -0.25) is 4.99 Å². The van der Waals surface area contributed by atoms with E-state index in [0.29, 0.717) is 15.7 Å². The molecule has 0 fully saturated rings. The van der Waals surface area contributed by atoms with Gasteiger partial charge in [0.2, 0.25) is 0 Å². The van der Waals surface area contributed by atoms with E-state index in [9.17, 15) is 5.11 Å². The molecule has 0 saturated heterocycles. The Balaban J connectivity index is 2.27. The van der Waals surface area contributed by atoms with Gasteiger partial charge in [-0.1, -0.05) is 35.3 Å². The second-order valence-electron chi connectivity index (χ2n) is 3.92. The van der Waals surface area contributed by atoms with Gasteiger partial charge in [0.05, 0.1) is 10.0 Å². The third kappa shape index (κ3) is 3.03. The smallest absolute Gasteiger partial charge is 0.141 e. The number of aliphatic imine (C=N–C) groups is 1. The summed E-state index contributed by atoms with van der Waals surface area (Å²) in [6.07, 6.45) is 1.63. The van der Waals surface area contributed by atoms with Crippen LogP contribution in [0.25, 0.3) is 0 Å². The molecule has 0 aromatic heterocycles. The number of benzene rings is 2. The molecule has 2 aromatic rings. The fraction of sp³-hybridized carbons (Fsp3) is 0.0714. The summed E-state index contributed by atoms with van der Waals surface area (Å²) in [6, 6.07) is 10.6. The number of halogens is 2. The molecule has 0 amide bonds. The first-order valence-electron chi connectivity index (χ1n) is 5.35.